The molecule has 0 unspecified atom stereocenters. The van der Waals surface area contributed by atoms with Crippen LogP contribution in [0.15, 0.2) is 0 Å². The van der Waals surface area contributed by atoms with E-state index in [2.05, 4.69) is 55.2 Å². The number of aliphatic hydroxyl groups is 1. The van der Waals surface area contributed by atoms with Crippen LogP contribution in [0.2, 0.25) is 0 Å². The number of carboxylic acids is 1. The summed E-state index contributed by atoms with van der Waals surface area (Å²) in [6, 6.07) is -11.8. The van der Waals surface area contributed by atoms with Gasteiger partial charge in [0.15, 0.2) is 0 Å². The zero-order chi connectivity index (χ0) is 49.5. The van der Waals surface area contributed by atoms with Gasteiger partial charge in [-0.15, -0.1) is 0 Å². The first kappa shape index (κ1) is 57.0. The van der Waals surface area contributed by atoms with Crippen LogP contribution in [0, 0.1) is 23.7 Å². The highest BCUT2D eigenvalue weighted by Gasteiger charge is 2.41. The zero-order valence-corrected chi connectivity index (χ0v) is 39.8. The number of aliphatic carboxylic acids is 1. The van der Waals surface area contributed by atoms with Crippen LogP contribution in [0.4, 0.5) is 0 Å². The molecule has 0 spiro atoms. The second kappa shape index (κ2) is 26.1. The van der Waals surface area contributed by atoms with E-state index in [4.69, 9.17) is 5.73 Å². The Balaban J connectivity index is 3.01. The van der Waals surface area contributed by atoms with Crippen LogP contribution in [-0.4, -0.2) is 153 Å². The summed E-state index contributed by atoms with van der Waals surface area (Å²) in [6.45, 7) is 18.8. The van der Waals surface area contributed by atoms with E-state index in [-0.39, 0.29) is 18.7 Å². The largest absolute Gasteiger partial charge is 0.480 e. The molecule has 11 atom stereocenters. The number of carboxylic acid groups (broad SMARTS) is 1. The minimum Gasteiger partial charge on any atom is -0.480 e. The van der Waals surface area contributed by atoms with Gasteiger partial charge in [0.2, 0.25) is 53.2 Å². The summed E-state index contributed by atoms with van der Waals surface area (Å²) >= 11 is 3.97. The van der Waals surface area contributed by atoms with Crippen molar-refractivity contribution >= 4 is 71.8 Å². The smallest absolute Gasteiger partial charge is 0.325 e. The number of likely N-dealkylation sites (tertiary alicyclic amines) is 1. The van der Waals surface area contributed by atoms with Gasteiger partial charge in [0.25, 0.3) is 0 Å². The molecule has 0 aliphatic carbocycles. The molecule has 0 aromatic heterocycles. The summed E-state index contributed by atoms with van der Waals surface area (Å²) in [7, 11) is 0. The molecule has 1 aliphatic heterocycles. The van der Waals surface area contributed by atoms with Crippen molar-refractivity contribution < 1.29 is 58.2 Å². The Morgan fingerprint density at radius 1 is 0.531 bits per heavy atom. The van der Waals surface area contributed by atoms with E-state index in [0.717, 1.165) is 0 Å². The highest BCUT2D eigenvalue weighted by Crippen LogP contribution is 2.21. The molecule has 1 aliphatic rings. The van der Waals surface area contributed by atoms with E-state index in [1.807, 2.05) is 0 Å². The van der Waals surface area contributed by atoms with Gasteiger partial charge in [-0.3, -0.25) is 47.9 Å². The number of amides is 9. The molecule has 12 N–H and O–H groups in total. The van der Waals surface area contributed by atoms with Gasteiger partial charge >= 0.3 is 5.97 Å². The van der Waals surface area contributed by atoms with Crippen LogP contribution >= 0.6 is 12.6 Å². The fourth-order valence-electron chi connectivity index (χ4n) is 6.50. The van der Waals surface area contributed by atoms with Crippen molar-refractivity contribution in [3.8, 4) is 0 Å². The number of nitrogens with one attached hydrogen (secondary N) is 8. The summed E-state index contributed by atoms with van der Waals surface area (Å²) in [5.41, 5.74) is 5.69. The van der Waals surface area contributed by atoms with E-state index in [1.54, 1.807) is 55.4 Å². The second-order valence-corrected chi connectivity index (χ2v) is 18.0. The first-order valence-corrected chi connectivity index (χ1v) is 22.2. The molecule has 22 nitrogen and oxygen atoms in total. The molecule has 0 saturated carbocycles. The summed E-state index contributed by atoms with van der Waals surface area (Å²) in [5, 5.41) is 39.6. The number of carbonyl (C=O) groups excluding carboxylic acids is 9. The molecule has 64 heavy (non-hydrogen) atoms. The molecule has 0 aromatic rings. The Kier molecular flexibility index (Phi) is 23.2. The molecular formula is C41H72N10O12S. The standard InChI is InChI=1S/C41H72N10O12S/c1-17(2)27(36(57)45-23(11)41(62)63)47-38(59)29(19(5)6)48-37(58)28(18(3)4)46-33(54)22(10)43-32(53)21(9)44-35(56)26-14-13-15-51(26)40(61)30(20(7)8)49-39(60)31(24(12)52)50-34(55)25(42)16-64/h17-31,52,64H,13-16,42H2,1-12H3,(H,43,53)(H,44,56)(H,45,57)(H,46,54)(H,47,59)(H,48,58)(H,49,60)(H,50,55)(H,62,63)/t21-,22-,23-,24+,25-,26-,27-,28-,29-,30-,31-/m0/s1. The van der Waals surface area contributed by atoms with Gasteiger partial charge in [0, 0.05) is 12.3 Å². The van der Waals surface area contributed by atoms with Gasteiger partial charge in [-0.1, -0.05) is 55.4 Å². The van der Waals surface area contributed by atoms with Crippen molar-refractivity contribution in [3.05, 3.63) is 0 Å². The third-order valence-corrected chi connectivity index (χ3v) is 11.0. The van der Waals surface area contributed by atoms with Crippen molar-refractivity contribution in [1.29, 1.82) is 0 Å². The third-order valence-electron chi connectivity index (χ3n) is 10.6. The lowest BCUT2D eigenvalue weighted by Crippen LogP contribution is -2.62. The molecule has 1 rings (SSSR count). The lowest BCUT2D eigenvalue weighted by atomic mass is 9.97. The number of aliphatic hydroxyl groups excluding tert-OH is 1. The Bertz CT molecular complexity index is 1700. The van der Waals surface area contributed by atoms with Crippen molar-refractivity contribution in [3.63, 3.8) is 0 Å². The molecule has 1 fully saturated rings. The van der Waals surface area contributed by atoms with Gasteiger partial charge in [0.05, 0.1) is 12.1 Å². The number of carbonyl (C=O) groups is 10. The van der Waals surface area contributed by atoms with E-state index in [9.17, 15) is 58.2 Å². The Labute approximate surface area is 380 Å². The predicted molar refractivity (Wildman–Crippen MR) is 238 cm³/mol. The average molecular weight is 929 g/mol. The SMILES string of the molecule is CC(C)[C@H](NC(=O)[C@H](C)NC(=O)[C@H](C)NC(=O)[C@@H]1CCCN1C(=O)[C@@H](NC(=O)[C@@H](NC(=O)[C@@H](N)CS)[C@@H](C)O)C(C)C)C(=O)N[C@H](C(=O)N[C@H](C(=O)N[C@@H](C)C(=O)O)C(C)C)C(C)C. The fraction of sp³-hybridized carbons (Fsp3) is 0.756. The lowest BCUT2D eigenvalue weighted by Gasteiger charge is -2.32. The number of hydrogen-bond donors (Lipinski definition) is 12. The van der Waals surface area contributed by atoms with Gasteiger partial charge in [-0.05, 0) is 64.2 Å². The summed E-state index contributed by atoms with van der Waals surface area (Å²) < 4.78 is 0. The Morgan fingerprint density at radius 3 is 1.31 bits per heavy atom. The van der Waals surface area contributed by atoms with Crippen LogP contribution in [0.5, 0.6) is 0 Å². The van der Waals surface area contributed by atoms with Gasteiger partial charge < -0.3 is 63.4 Å². The van der Waals surface area contributed by atoms with Crippen LogP contribution in [0.25, 0.3) is 0 Å². The quantitative estimate of drug-likeness (QED) is 0.0438. The first-order chi connectivity index (χ1) is 29.6. The monoisotopic (exact) mass is 929 g/mol. The van der Waals surface area contributed by atoms with E-state index < -0.39 is 149 Å². The van der Waals surface area contributed by atoms with Crippen LogP contribution in [-0.2, 0) is 47.9 Å². The molecule has 23 heteroatoms. The van der Waals surface area contributed by atoms with E-state index in [0.29, 0.717) is 6.42 Å². The molecule has 1 saturated heterocycles. The average Bonchev–Trinajstić information content (AvgIpc) is 3.70. The minimum absolute atomic E-state index is 0.0191. The molecule has 9 amide bonds. The lowest BCUT2D eigenvalue weighted by molar-refractivity contribution is -0.143. The highest BCUT2D eigenvalue weighted by atomic mass is 32.1. The van der Waals surface area contributed by atoms with Crippen molar-refractivity contribution in [2.75, 3.05) is 12.3 Å². The summed E-state index contributed by atoms with van der Waals surface area (Å²) in [6.07, 6.45) is -0.671. The van der Waals surface area contributed by atoms with E-state index in [1.165, 1.54) is 32.6 Å². The highest BCUT2D eigenvalue weighted by molar-refractivity contribution is 7.80. The topological polar surface area (TPSA) is 337 Å². The van der Waals surface area contributed by atoms with E-state index >= 15 is 0 Å². The van der Waals surface area contributed by atoms with Crippen molar-refractivity contribution in [2.45, 2.75) is 162 Å². The molecule has 0 aromatic carbocycles. The number of hydrogen-bond acceptors (Lipinski definition) is 13. The third kappa shape index (κ3) is 16.8. The van der Waals surface area contributed by atoms with Gasteiger partial charge in [-0.25, -0.2) is 0 Å². The molecule has 0 bridgehead atoms. The zero-order valence-electron chi connectivity index (χ0n) is 38.9. The Hall–Kier alpha value is -5.03. The van der Waals surface area contributed by atoms with Gasteiger partial charge in [-0.2, -0.15) is 12.6 Å². The number of rotatable bonds is 24. The Morgan fingerprint density at radius 2 is 0.891 bits per heavy atom. The van der Waals surface area contributed by atoms with Crippen LogP contribution in [0.3, 0.4) is 0 Å². The molecule has 0 radical (unpaired) electrons. The van der Waals surface area contributed by atoms with Gasteiger partial charge in [0.1, 0.15) is 54.4 Å². The molecule has 364 valence electrons. The van der Waals surface area contributed by atoms with Crippen LogP contribution < -0.4 is 48.3 Å². The minimum atomic E-state index is -1.44. The maximum absolute atomic E-state index is 13.8. The normalized spacial score (nSPS) is 18.5. The van der Waals surface area contributed by atoms with Crippen LogP contribution in [0.1, 0.15) is 95.9 Å². The molecule has 1 heterocycles. The number of nitrogens with zero attached hydrogens (tertiary/aromatic N) is 1. The second-order valence-electron chi connectivity index (χ2n) is 17.7. The van der Waals surface area contributed by atoms with Crippen molar-refractivity contribution in [2.24, 2.45) is 29.4 Å². The molecular weight excluding hydrogens is 857 g/mol. The number of thiol groups is 1. The predicted octanol–water partition coefficient (Wildman–Crippen LogP) is -2.74. The van der Waals surface area contributed by atoms with Crippen molar-refractivity contribution in [1.82, 2.24) is 47.4 Å². The first-order valence-electron chi connectivity index (χ1n) is 21.6. The summed E-state index contributed by atoms with van der Waals surface area (Å²) in [5.74, 6) is -9.70. The maximum atomic E-state index is 13.8. The maximum Gasteiger partial charge on any atom is 0.325 e. The fourth-order valence-corrected chi connectivity index (χ4v) is 6.67. The summed E-state index contributed by atoms with van der Waals surface area (Å²) in [4.78, 5) is 132. The number of nitrogens with two attached hydrogens (primary N) is 1.